The molecule has 8 heteroatoms. The molecule has 2 heterocycles. The Labute approximate surface area is 208 Å². The van der Waals surface area contributed by atoms with E-state index in [0.717, 1.165) is 33.6 Å². The number of rotatable bonds is 7. The Kier molecular flexibility index (Phi) is 7.07. The minimum Gasteiger partial charge on any atom is -0.497 e. The van der Waals surface area contributed by atoms with Crippen LogP contribution in [0.3, 0.4) is 0 Å². The number of aliphatic hydroxyl groups excluding tert-OH is 1. The van der Waals surface area contributed by atoms with Crippen molar-refractivity contribution in [2.45, 2.75) is 44.5 Å². The lowest BCUT2D eigenvalue weighted by atomic mass is 9.94. The monoisotopic (exact) mass is 494 g/mol. The first-order valence-corrected chi connectivity index (χ1v) is 12.6. The number of hydrogen-bond acceptors (Lipinski definition) is 5. The number of hydrogen-bond donors (Lipinski definition) is 2. The number of benzene rings is 2. The van der Waals surface area contributed by atoms with Crippen molar-refractivity contribution in [1.82, 2.24) is 9.29 Å². The van der Waals surface area contributed by atoms with Crippen LogP contribution in [0, 0.1) is 0 Å². The SMILES string of the molecule is COc1cccc(-c2cccc(-c3nc(C(=O)O)cc4c3[C@H](CCO)N([S@@](=O)C(C)(C)C)C4)c2)c1. The number of carboxylic acid groups (broad SMARTS) is 1. The number of methoxy groups -OCH3 is 1. The summed E-state index contributed by atoms with van der Waals surface area (Å²) in [6, 6.07) is 16.7. The highest BCUT2D eigenvalue weighted by molar-refractivity contribution is 7.84. The van der Waals surface area contributed by atoms with Gasteiger partial charge in [-0.2, -0.15) is 0 Å². The van der Waals surface area contributed by atoms with Gasteiger partial charge in [-0.05, 0) is 68.1 Å². The minimum absolute atomic E-state index is 0.0586. The van der Waals surface area contributed by atoms with E-state index in [1.54, 1.807) is 13.2 Å². The lowest BCUT2D eigenvalue weighted by Gasteiger charge is -2.30. The van der Waals surface area contributed by atoms with Crippen molar-refractivity contribution in [3.05, 3.63) is 71.4 Å². The van der Waals surface area contributed by atoms with E-state index in [-0.39, 0.29) is 18.3 Å². The van der Waals surface area contributed by atoms with Gasteiger partial charge in [-0.1, -0.05) is 30.3 Å². The first kappa shape index (κ1) is 25.0. The number of nitrogens with zero attached hydrogens (tertiary/aromatic N) is 2. The molecule has 0 aliphatic carbocycles. The highest BCUT2D eigenvalue weighted by atomic mass is 32.2. The van der Waals surface area contributed by atoms with Crippen LogP contribution in [0.1, 0.15) is 54.8 Å². The summed E-state index contributed by atoms with van der Waals surface area (Å²) in [5, 5.41) is 19.6. The average molecular weight is 495 g/mol. The molecule has 0 radical (unpaired) electrons. The summed E-state index contributed by atoms with van der Waals surface area (Å²) in [4.78, 5) is 16.5. The molecule has 0 bridgehead atoms. The maximum atomic E-state index is 13.4. The lowest BCUT2D eigenvalue weighted by Crippen LogP contribution is -2.36. The van der Waals surface area contributed by atoms with Gasteiger partial charge < -0.3 is 14.9 Å². The Balaban J connectivity index is 1.89. The van der Waals surface area contributed by atoms with Gasteiger partial charge >= 0.3 is 5.97 Å². The largest absolute Gasteiger partial charge is 0.497 e. The molecule has 2 atom stereocenters. The second kappa shape index (κ2) is 9.89. The molecule has 1 aliphatic rings. The molecule has 2 aromatic carbocycles. The molecular formula is C27H30N2O5S. The summed E-state index contributed by atoms with van der Waals surface area (Å²) in [7, 11) is 0.263. The van der Waals surface area contributed by atoms with Crippen LogP contribution in [0.25, 0.3) is 22.4 Å². The number of aromatic nitrogens is 1. The quantitative estimate of drug-likeness (QED) is 0.488. The molecule has 0 saturated carbocycles. The maximum Gasteiger partial charge on any atom is 0.354 e. The van der Waals surface area contributed by atoms with Gasteiger partial charge in [0.25, 0.3) is 0 Å². The van der Waals surface area contributed by atoms with E-state index >= 15 is 0 Å². The van der Waals surface area contributed by atoms with Gasteiger partial charge in [0.2, 0.25) is 0 Å². The molecule has 2 N–H and O–H groups in total. The topological polar surface area (TPSA) is 100.0 Å². The van der Waals surface area contributed by atoms with Crippen LogP contribution in [-0.4, -0.2) is 48.1 Å². The van der Waals surface area contributed by atoms with Crippen molar-refractivity contribution in [3.8, 4) is 28.1 Å². The molecule has 0 fully saturated rings. The third-order valence-electron chi connectivity index (χ3n) is 6.05. The van der Waals surface area contributed by atoms with Gasteiger partial charge in [-0.3, -0.25) is 0 Å². The number of carboxylic acids is 1. The first-order valence-electron chi connectivity index (χ1n) is 11.5. The van der Waals surface area contributed by atoms with E-state index in [1.807, 2.05) is 73.6 Å². The number of aliphatic hydroxyl groups is 1. The van der Waals surface area contributed by atoms with Crippen LogP contribution >= 0.6 is 0 Å². The normalized spacial score (nSPS) is 16.7. The third kappa shape index (κ3) is 5.00. The van der Waals surface area contributed by atoms with Gasteiger partial charge in [0.05, 0.1) is 23.6 Å². The van der Waals surface area contributed by atoms with Crippen LogP contribution < -0.4 is 4.74 Å². The standard InChI is InChI=1S/C27H30N2O5S/c1-27(2,3)35(33)29-16-20-15-22(26(31)32)28-25(24(20)23(29)11-12-30)19-9-5-7-17(13-19)18-8-6-10-21(14-18)34-4/h5-10,13-15,23,30H,11-12,16H2,1-4H3,(H,31,32)/t23-,35-/m0/s1. The fraction of sp³-hybridized carbons (Fsp3) is 0.333. The number of ether oxygens (including phenoxy) is 1. The fourth-order valence-corrected chi connectivity index (χ4v) is 5.85. The highest BCUT2D eigenvalue weighted by Crippen LogP contribution is 2.44. The molecule has 0 spiro atoms. The molecule has 4 rings (SSSR count). The van der Waals surface area contributed by atoms with Gasteiger partial charge in [0.15, 0.2) is 0 Å². The average Bonchev–Trinajstić information content (AvgIpc) is 3.20. The van der Waals surface area contributed by atoms with Crippen molar-refractivity contribution in [2.75, 3.05) is 13.7 Å². The van der Waals surface area contributed by atoms with Crippen molar-refractivity contribution in [2.24, 2.45) is 0 Å². The summed E-state index contributed by atoms with van der Waals surface area (Å²) in [5.74, 6) is -0.379. The Bertz CT molecular complexity index is 1280. The Morgan fingerprint density at radius 1 is 1.11 bits per heavy atom. The smallest absolute Gasteiger partial charge is 0.354 e. The molecule has 0 saturated heterocycles. The van der Waals surface area contributed by atoms with Gasteiger partial charge in [-0.25, -0.2) is 18.3 Å². The summed E-state index contributed by atoms with van der Waals surface area (Å²) in [6.45, 7) is 5.95. The van der Waals surface area contributed by atoms with Gasteiger partial charge in [-0.15, -0.1) is 0 Å². The molecule has 0 amide bonds. The number of aromatic carboxylic acids is 1. The zero-order chi connectivity index (χ0) is 25.3. The molecular weight excluding hydrogens is 464 g/mol. The Hall–Kier alpha value is -3.07. The van der Waals surface area contributed by atoms with Crippen molar-refractivity contribution < 1.29 is 24.0 Å². The Morgan fingerprint density at radius 2 is 1.77 bits per heavy atom. The summed E-state index contributed by atoms with van der Waals surface area (Å²) < 4.78 is 20.1. The first-order chi connectivity index (χ1) is 16.6. The summed E-state index contributed by atoms with van der Waals surface area (Å²) in [6.07, 6.45) is 0.367. The van der Waals surface area contributed by atoms with Crippen LogP contribution in [0.4, 0.5) is 0 Å². The predicted molar refractivity (Wildman–Crippen MR) is 137 cm³/mol. The fourth-order valence-electron chi connectivity index (χ4n) is 4.45. The van der Waals surface area contributed by atoms with E-state index in [1.165, 1.54) is 0 Å². The molecule has 1 aromatic heterocycles. The van der Waals surface area contributed by atoms with Gasteiger partial charge in [0.1, 0.15) is 22.4 Å². The molecule has 7 nitrogen and oxygen atoms in total. The predicted octanol–water partition coefficient (Wildman–Crippen LogP) is 4.82. The second-order valence-electron chi connectivity index (χ2n) is 9.51. The Morgan fingerprint density at radius 3 is 2.40 bits per heavy atom. The van der Waals surface area contributed by atoms with Crippen LogP contribution in [-0.2, 0) is 17.5 Å². The van der Waals surface area contributed by atoms with E-state index in [2.05, 4.69) is 4.98 Å². The molecule has 3 aromatic rings. The van der Waals surface area contributed by atoms with Crippen molar-refractivity contribution in [1.29, 1.82) is 0 Å². The zero-order valence-corrected chi connectivity index (χ0v) is 21.1. The van der Waals surface area contributed by atoms with Crippen molar-refractivity contribution in [3.63, 3.8) is 0 Å². The number of pyridine rings is 1. The minimum atomic E-state index is -1.36. The third-order valence-corrected chi connectivity index (χ3v) is 7.91. The molecule has 184 valence electrons. The highest BCUT2D eigenvalue weighted by Gasteiger charge is 2.40. The van der Waals surface area contributed by atoms with Crippen LogP contribution in [0.2, 0.25) is 0 Å². The zero-order valence-electron chi connectivity index (χ0n) is 20.3. The molecule has 1 aliphatic heterocycles. The van der Waals surface area contributed by atoms with E-state index in [9.17, 15) is 19.2 Å². The lowest BCUT2D eigenvalue weighted by molar-refractivity contribution is 0.0690. The number of fused-ring (bicyclic) bond motifs is 1. The molecule has 35 heavy (non-hydrogen) atoms. The van der Waals surface area contributed by atoms with Crippen LogP contribution in [0.5, 0.6) is 5.75 Å². The van der Waals surface area contributed by atoms with Crippen molar-refractivity contribution >= 4 is 17.0 Å². The van der Waals surface area contributed by atoms with Crippen LogP contribution in [0.15, 0.2) is 54.6 Å². The van der Waals surface area contributed by atoms with E-state index < -0.39 is 21.7 Å². The second-order valence-corrected chi connectivity index (χ2v) is 11.7. The van der Waals surface area contributed by atoms with E-state index in [0.29, 0.717) is 18.7 Å². The van der Waals surface area contributed by atoms with Gasteiger partial charge in [0, 0.05) is 24.3 Å². The number of carbonyl (C=O) groups is 1. The molecule has 0 unspecified atom stereocenters. The summed E-state index contributed by atoms with van der Waals surface area (Å²) in [5.41, 5.74) is 4.73. The summed E-state index contributed by atoms with van der Waals surface area (Å²) >= 11 is 0. The van der Waals surface area contributed by atoms with E-state index in [4.69, 9.17) is 4.74 Å². The maximum absolute atomic E-state index is 13.4.